The first-order valence-electron chi connectivity index (χ1n) is 9.35. The topological polar surface area (TPSA) is 85.7 Å². The van der Waals surface area contributed by atoms with Crippen molar-refractivity contribution in [2.24, 2.45) is 0 Å². The standard InChI is InChI=1S/C22H18F3NO5/c1-2-30-20(29)9-8-18(27)21-19(28)12-15-7-6-14(11-17(15)26-21)13-4-3-5-16(10-13)31-22(23,24)25/h3-7,10-12,28H,2,8-9H2,1H3. The first-order chi connectivity index (χ1) is 14.7. The molecule has 9 heteroatoms. The minimum atomic E-state index is -4.81. The molecule has 162 valence electrons. The summed E-state index contributed by atoms with van der Waals surface area (Å²) in [4.78, 5) is 28.1. The molecule has 0 saturated heterocycles. The first-order valence-corrected chi connectivity index (χ1v) is 9.35. The van der Waals surface area contributed by atoms with Gasteiger partial charge in [0.1, 0.15) is 17.2 Å². The molecule has 31 heavy (non-hydrogen) atoms. The Balaban J connectivity index is 1.90. The van der Waals surface area contributed by atoms with Crippen LogP contribution < -0.4 is 4.74 Å². The largest absolute Gasteiger partial charge is 0.573 e. The minimum absolute atomic E-state index is 0.141. The normalized spacial score (nSPS) is 11.4. The highest BCUT2D eigenvalue weighted by Gasteiger charge is 2.31. The highest BCUT2D eigenvalue weighted by molar-refractivity contribution is 6.00. The van der Waals surface area contributed by atoms with Crippen LogP contribution in [0, 0.1) is 0 Å². The quantitative estimate of drug-likeness (QED) is 0.415. The summed E-state index contributed by atoms with van der Waals surface area (Å²) in [5.41, 5.74) is 1.16. The maximum Gasteiger partial charge on any atom is 0.573 e. The predicted molar refractivity (Wildman–Crippen MR) is 106 cm³/mol. The van der Waals surface area contributed by atoms with Gasteiger partial charge in [-0.2, -0.15) is 0 Å². The molecule has 1 heterocycles. The maximum atomic E-state index is 12.5. The van der Waals surface area contributed by atoms with Crippen molar-refractivity contribution in [1.29, 1.82) is 0 Å². The molecule has 1 aromatic heterocycles. The van der Waals surface area contributed by atoms with Crippen molar-refractivity contribution in [2.75, 3.05) is 6.61 Å². The van der Waals surface area contributed by atoms with Crippen LogP contribution in [0.25, 0.3) is 22.0 Å². The molecule has 1 N–H and O–H groups in total. The lowest BCUT2D eigenvalue weighted by atomic mass is 10.0. The average molecular weight is 433 g/mol. The number of carbonyl (C=O) groups is 2. The SMILES string of the molecule is CCOC(=O)CCC(=O)c1nc2cc(-c3cccc(OC(F)(F)F)c3)ccc2cc1O. The van der Waals surface area contributed by atoms with E-state index < -0.39 is 18.1 Å². The molecule has 0 fully saturated rings. The monoisotopic (exact) mass is 433 g/mol. The van der Waals surface area contributed by atoms with Crippen molar-refractivity contribution in [3.8, 4) is 22.6 Å². The summed E-state index contributed by atoms with van der Waals surface area (Å²) in [6.07, 6.45) is -5.13. The third kappa shape index (κ3) is 5.71. The summed E-state index contributed by atoms with van der Waals surface area (Å²) >= 11 is 0. The Hall–Kier alpha value is -3.62. The first kappa shape index (κ1) is 22.1. The summed E-state index contributed by atoms with van der Waals surface area (Å²) in [6, 6.07) is 11.7. The van der Waals surface area contributed by atoms with Gasteiger partial charge in [-0.3, -0.25) is 9.59 Å². The molecule has 0 aliphatic heterocycles. The van der Waals surface area contributed by atoms with E-state index >= 15 is 0 Å². The van der Waals surface area contributed by atoms with Crippen molar-refractivity contribution in [3.63, 3.8) is 0 Å². The van der Waals surface area contributed by atoms with Gasteiger partial charge in [-0.25, -0.2) is 4.98 Å². The number of ketones is 1. The lowest BCUT2D eigenvalue weighted by Crippen LogP contribution is -2.17. The smallest absolute Gasteiger partial charge is 0.506 e. The Morgan fingerprint density at radius 1 is 1.03 bits per heavy atom. The van der Waals surface area contributed by atoms with Crippen LogP contribution in [0.4, 0.5) is 13.2 Å². The molecule has 0 aliphatic carbocycles. The molecular weight excluding hydrogens is 415 g/mol. The fourth-order valence-corrected chi connectivity index (χ4v) is 2.98. The molecule has 0 bridgehead atoms. The van der Waals surface area contributed by atoms with E-state index in [1.807, 2.05) is 0 Å². The molecule has 2 aromatic carbocycles. The summed E-state index contributed by atoms with van der Waals surface area (Å²) in [7, 11) is 0. The second-order valence-corrected chi connectivity index (χ2v) is 6.57. The Morgan fingerprint density at radius 3 is 2.48 bits per heavy atom. The van der Waals surface area contributed by atoms with Gasteiger partial charge in [0, 0.05) is 11.8 Å². The van der Waals surface area contributed by atoms with Crippen molar-refractivity contribution in [1.82, 2.24) is 4.98 Å². The number of aromatic nitrogens is 1. The van der Waals surface area contributed by atoms with Gasteiger partial charge in [0.2, 0.25) is 0 Å². The van der Waals surface area contributed by atoms with Gasteiger partial charge in [0.25, 0.3) is 0 Å². The van der Waals surface area contributed by atoms with Crippen LogP contribution in [-0.2, 0) is 9.53 Å². The number of pyridine rings is 1. The van der Waals surface area contributed by atoms with Crippen molar-refractivity contribution in [2.45, 2.75) is 26.1 Å². The number of carbonyl (C=O) groups excluding carboxylic acids is 2. The number of rotatable bonds is 7. The van der Waals surface area contributed by atoms with Gasteiger partial charge in [-0.05, 0) is 42.3 Å². The Labute approximate surface area is 175 Å². The minimum Gasteiger partial charge on any atom is -0.506 e. The van der Waals surface area contributed by atoms with E-state index in [0.29, 0.717) is 22.0 Å². The average Bonchev–Trinajstić information content (AvgIpc) is 2.70. The Bertz CT molecular complexity index is 1130. The van der Waals surface area contributed by atoms with E-state index in [2.05, 4.69) is 9.72 Å². The molecule has 3 aromatic rings. The zero-order chi connectivity index (χ0) is 22.6. The number of ether oxygens (including phenoxy) is 2. The van der Waals surface area contributed by atoms with E-state index in [-0.39, 0.29) is 36.6 Å². The number of aromatic hydroxyl groups is 1. The zero-order valence-corrected chi connectivity index (χ0v) is 16.4. The van der Waals surface area contributed by atoms with Crippen molar-refractivity contribution < 1.29 is 37.3 Å². The fraction of sp³-hybridized carbons (Fsp3) is 0.227. The number of hydrogen-bond acceptors (Lipinski definition) is 6. The van der Waals surface area contributed by atoms with E-state index in [1.165, 1.54) is 24.3 Å². The number of hydrogen-bond donors (Lipinski definition) is 1. The molecule has 0 radical (unpaired) electrons. The highest BCUT2D eigenvalue weighted by atomic mass is 19.4. The fourth-order valence-electron chi connectivity index (χ4n) is 2.98. The number of nitrogens with zero attached hydrogens (tertiary/aromatic N) is 1. The van der Waals surface area contributed by atoms with Crippen LogP contribution in [0.1, 0.15) is 30.3 Å². The van der Waals surface area contributed by atoms with E-state index in [0.717, 1.165) is 0 Å². The van der Waals surface area contributed by atoms with Crippen LogP contribution in [0.5, 0.6) is 11.5 Å². The number of benzene rings is 2. The van der Waals surface area contributed by atoms with Gasteiger partial charge >= 0.3 is 12.3 Å². The summed E-state index contributed by atoms with van der Waals surface area (Å²) < 4.78 is 46.2. The van der Waals surface area contributed by atoms with Crippen LogP contribution in [0.3, 0.4) is 0 Å². The molecule has 0 unspecified atom stereocenters. The Morgan fingerprint density at radius 2 is 1.77 bits per heavy atom. The number of alkyl halides is 3. The lowest BCUT2D eigenvalue weighted by molar-refractivity contribution is -0.274. The molecule has 0 amide bonds. The van der Waals surface area contributed by atoms with E-state index in [4.69, 9.17) is 4.74 Å². The van der Waals surface area contributed by atoms with Gasteiger partial charge < -0.3 is 14.6 Å². The molecule has 0 spiro atoms. The third-order valence-corrected chi connectivity index (χ3v) is 4.32. The highest BCUT2D eigenvalue weighted by Crippen LogP contribution is 2.31. The third-order valence-electron chi connectivity index (χ3n) is 4.32. The molecule has 0 aliphatic rings. The van der Waals surface area contributed by atoms with Crippen LogP contribution >= 0.6 is 0 Å². The zero-order valence-electron chi connectivity index (χ0n) is 16.4. The molecule has 3 rings (SSSR count). The van der Waals surface area contributed by atoms with Crippen LogP contribution in [0.2, 0.25) is 0 Å². The van der Waals surface area contributed by atoms with Gasteiger partial charge in [0.05, 0.1) is 18.5 Å². The predicted octanol–water partition coefficient (Wildman–Crippen LogP) is 5.03. The van der Waals surface area contributed by atoms with Gasteiger partial charge in [-0.15, -0.1) is 13.2 Å². The Kier molecular flexibility index (Phi) is 6.43. The molecule has 0 saturated carbocycles. The van der Waals surface area contributed by atoms with E-state index in [1.54, 1.807) is 31.2 Å². The van der Waals surface area contributed by atoms with Crippen LogP contribution in [0.15, 0.2) is 48.5 Å². The molecule has 0 atom stereocenters. The van der Waals surface area contributed by atoms with Crippen molar-refractivity contribution in [3.05, 3.63) is 54.2 Å². The number of fused-ring (bicyclic) bond motifs is 1. The van der Waals surface area contributed by atoms with Gasteiger partial charge in [-0.1, -0.05) is 24.3 Å². The van der Waals surface area contributed by atoms with Crippen LogP contribution in [-0.4, -0.2) is 34.8 Å². The summed E-state index contributed by atoms with van der Waals surface area (Å²) in [5.74, 6) is -1.74. The second kappa shape index (κ2) is 9.03. The number of halogens is 3. The van der Waals surface area contributed by atoms with E-state index in [9.17, 15) is 27.9 Å². The lowest BCUT2D eigenvalue weighted by Gasteiger charge is -2.11. The van der Waals surface area contributed by atoms with Crippen molar-refractivity contribution >= 4 is 22.7 Å². The van der Waals surface area contributed by atoms with Gasteiger partial charge in [0.15, 0.2) is 5.78 Å². The number of esters is 1. The maximum absolute atomic E-state index is 12.5. The number of Topliss-reactive ketones (excluding diaryl/α,β-unsaturated/α-hetero) is 1. The summed E-state index contributed by atoms with van der Waals surface area (Å²) in [5, 5.41) is 10.7. The molecular formula is C22H18F3NO5. The molecule has 6 nitrogen and oxygen atoms in total. The second-order valence-electron chi connectivity index (χ2n) is 6.57. The summed E-state index contributed by atoms with van der Waals surface area (Å²) in [6.45, 7) is 1.85.